The number of fused-ring (bicyclic) bond motifs is 1. The van der Waals surface area contributed by atoms with Gasteiger partial charge >= 0.3 is 5.97 Å². The van der Waals surface area contributed by atoms with Crippen molar-refractivity contribution in [1.82, 2.24) is 9.55 Å². The van der Waals surface area contributed by atoms with E-state index in [1.54, 1.807) is 23.1 Å². The molecule has 4 rings (SSSR count). The summed E-state index contributed by atoms with van der Waals surface area (Å²) < 4.78 is 12.4. The quantitative estimate of drug-likeness (QED) is 0.433. The summed E-state index contributed by atoms with van der Waals surface area (Å²) in [6.45, 7) is 3.60. The number of aromatic nitrogens is 2. The van der Waals surface area contributed by atoms with E-state index < -0.39 is 18.5 Å². The maximum atomic E-state index is 12.5. The Balaban J connectivity index is 1.43. The minimum atomic E-state index is -0.521. The fraction of sp³-hybridized carbons (Fsp3) is 0.208. The van der Waals surface area contributed by atoms with Gasteiger partial charge in [0.25, 0.3) is 5.91 Å². The second-order valence-corrected chi connectivity index (χ2v) is 7.46. The number of para-hydroxylation sites is 1. The number of aromatic amines is 1. The van der Waals surface area contributed by atoms with Gasteiger partial charge in [0.15, 0.2) is 6.61 Å². The number of hydrogen-bond donors (Lipinski definition) is 2. The van der Waals surface area contributed by atoms with Gasteiger partial charge in [0.1, 0.15) is 17.6 Å². The molecule has 2 N–H and O–H groups in total. The lowest BCUT2D eigenvalue weighted by molar-refractivity contribution is -0.146. The molecular formula is C24H22N4O4. The van der Waals surface area contributed by atoms with E-state index in [1.165, 1.54) is 0 Å². The van der Waals surface area contributed by atoms with Gasteiger partial charge < -0.3 is 24.0 Å². The molecule has 0 saturated carbocycles. The van der Waals surface area contributed by atoms with Gasteiger partial charge in [-0.1, -0.05) is 18.2 Å². The molecule has 0 atom stereocenters. The first kappa shape index (κ1) is 21.0. The number of amides is 1. The Labute approximate surface area is 184 Å². The van der Waals surface area contributed by atoms with Crippen LogP contribution in [0.2, 0.25) is 0 Å². The highest BCUT2D eigenvalue weighted by Crippen LogP contribution is 2.27. The number of esters is 1. The van der Waals surface area contributed by atoms with E-state index in [2.05, 4.69) is 16.4 Å². The summed E-state index contributed by atoms with van der Waals surface area (Å²) in [5.41, 5.74) is 3.71. The van der Waals surface area contributed by atoms with Gasteiger partial charge in [-0.25, -0.2) is 0 Å². The lowest BCUT2D eigenvalue weighted by Crippen LogP contribution is -2.23. The molecule has 0 fully saturated rings. The van der Waals surface area contributed by atoms with E-state index in [0.717, 1.165) is 27.7 Å². The van der Waals surface area contributed by atoms with Crippen molar-refractivity contribution in [2.24, 2.45) is 0 Å². The number of hydrogen-bond acceptors (Lipinski definition) is 5. The molecule has 32 heavy (non-hydrogen) atoms. The molecule has 0 aliphatic rings. The smallest absolute Gasteiger partial charge is 0.310 e. The van der Waals surface area contributed by atoms with E-state index in [1.807, 2.05) is 44.2 Å². The van der Waals surface area contributed by atoms with Gasteiger partial charge in [-0.05, 0) is 43.2 Å². The number of nitrogens with zero attached hydrogens (tertiary/aromatic N) is 2. The topological polar surface area (TPSA) is 113 Å². The van der Waals surface area contributed by atoms with Gasteiger partial charge in [-0.2, -0.15) is 5.26 Å². The second kappa shape index (κ2) is 8.86. The predicted octanol–water partition coefficient (Wildman–Crippen LogP) is 3.82. The summed E-state index contributed by atoms with van der Waals surface area (Å²) in [5.74, 6) is 0.0144. The van der Waals surface area contributed by atoms with Crippen LogP contribution in [0.15, 0.2) is 53.3 Å². The Hall–Kier alpha value is -4.25. The normalized spacial score (nSPS) is 10.8. The van der Waals surface area contributed by atoms with Crippen molar-refractivity contribution in [2.75, 3.05) is 11.9 Å². The Bertz CT molecular complexity index is 1320. The Morgan fingerprint density at radius 2 is 2.03 bits per heavy atom. The van der Waals surface area contributed by atoms with Crippen LogP contribution in [0.5, 0.6) is 0 Å². The van der Waals surface area contributed by atoms with Crippen LogP contribution in [-0.2, 0) is 27.3 Å². The van der Waals surface area contributed by atoms with Crippen molar-refractivity contribution in [1.29, 1.82) is 5.26 Å². The highest BCUT2D eigenvalue weighted by Gasteiger charge is 2.21. The number of carbonyl (C=O) groups excluding carboxylic acids is 2. The first-order valence-electron chi connectivity index (χ1n) is 10.1. The van der Waals surface area contributed by atoms with E-state index in [0.29, 0.717) is 23.7 Å². The average Bonchev–Trinajstić information content (AvgIpc) is 3.50. The van der Waals surface area contributed by atoms with Crippen LogP contribution in [0.25, 0.3) is 10.9 Å². The molecular weight excluding hydrogens is 408 g/mol. The first-order chi connectivity index (χ1) is 15.5. The van der Waals surface area contributed by atoms with Gasteiger partial charge in [-0.3, -0.25) is 9.59 Å². The Morgan fingerprint density at radius 1 is 1.22 bits per heavy atom. The standard InChI is InChI=1S/C24H22N4O4/c1-15-16(2)28(13-18-6-5-9-31-18)24(20(15)11-25)27-22(29)14-32-23(30)10-17-12-26-21-8-4-3-7-19(17)21/h3-9,12,26H,10,13-14H2,1-2H3,(H,27,29). The number of benzene rings is 1. The molecule has 0 saturated heterocycles. The molecule has 8 heteroatoms. The molecule has 3 aromatic heterocycles. The number of rotatable bonds is 7. The summed E-state index contributed by atoms with van der Waals surface area (Å²) in [6.07, 6.45) is 3.38. The fourth-order valence-electron chi connectivity index (χ4n) is 3.69. The van der Waals surface area contributed by atoms with Crippen LogP contribution in [0.4, 0.5) is 5.82 Å². The maximum Gasteiger partial charge on any atom is 0.310 e. The van der Waals surface area contributed by atoms with Crippen LogP contribution in [-0.4, -0.2) is 28.0 Å². The molecule has 3 heterocycles. The molecule has 4 aromatic rings. The fourth-order valence-corrected chi connectivity index (χ4v) is 3.69. The number of nitriles is 1. The molecule has 0 aliphatic carbocycles. The third-order valence-corrected chi connectivity index (χ3v) is 5.47. The Kier molecular flexibility index (Phi) is 5.81. The molecule has 1 amide bonds. The molecule has 162 valence electrons. The van der Waals surface area contributed by atoms with Crippen molar-refractivity contribution in [3.63, 3.8) is 0 Å². The minimum absolute atomic E-state index is 0.0494. The van der Waals surface area contributed by atoms with E-state index >= 15 is 0 Å². The lowest BCUT2D eigenvalue weighted by Gasteiger charge is -2.12. The van der Waals surface area contributed by atoms with Gasteiger partial charge in [0, 0.05) is 22.8 Å². The van der Waals surface area contributed by atoms with Crippen molar-refractivity contribution in [2.45, 2.75) is 26.8 Å². The lowest BCUT2D eigenvalue weighted by atomic mass is 10.1. The van der Waals surface area contributed by atoms with Crippen molar-refractivity contribution < 1.29 is 18.7 Å². The van der Waals surface area contributed by atoms with Crippen molar-refractivity contribution in [3.8, 4) is 6.07 Å². The molecule has 0 aliphatic heterocycles. The van der Waals surface area contributed by atoms with Crippen LogP contribution < -0.4 is 5.32 Å². The molecule has 0 unspecified atom stereocenters. The third-order valence-electron chi connectivity index (χ3n) is 5.47. The highest BCUT2D eigenvalue weighted by atomic mass is 16.5. The van der Waals surface area contributed by atoms with Gasteiger partial charge in [-0.15, -0.1) is 0 Å². The molecule has 8 nitrogen and oxygen atoms in total. The number of anilines is 1. The molecule has 0 bridgehead atoms. The van der Waals surface area contributed by atoms with Crippen molar-refractivity contribution in [3.05, 3.63) is 77.0 Å². The van der Waals surface area contributed by atoms with Crippen LogP contribution in [0.3, 0.4) is 0 Å². The maximum absolute atomic E-state index is 12.5. The van der Waals surface area contributed by atoms with E-state index in [-0.39, 0.29) is 6.42 Å². The van der Waals surface area contributed by atoms with E-state index in [4.69, 9.17) is 9.15 Å². The van der Waals surface area contributed by atoms with Crippen LogP contribution in [0, 0.1) is 25.2 Å². The molecule has 0 spiro atoms. The largest absolute Gasteiger partial charge is 0.467 e. The monoisotopic (exact) mass is 430 g/mol. The summed E-state index contributed by atoms with van der Waals surface area (Å²) in [5, 5.41) is 13.3. The van der Waals surface area contributed by atoms with E-state index in [9.17, 15) is 14.9 Å². The summed E-state index contributed by atoms with van der Waals surface area (Å²) in [7, 11) is 0. The number of nitrogens with one attached hydrogen (secondary N) is 2. The predicted molar refractivity (Wildman–Crippen MR) is 118 cm³/mol. The van der Waals surface area contributed by atoms with Crippen LogP contribution >= 0.6 is 0 Å². The summed E-state index contributed by atoms with van der Waals surface area (Å²) in [4.78, 5) is 27.9. The SMILES string of the molecule is Cc1c(C#N)c(NC(=O)COC(=O)Cc2c[nH]c3ccccc23)n(Cc2ccco2)c1C. The zero-order valence-corrected chi connectivity index (χ0v) is 17.8. The number of ether oxygens (including phenoxy) is 1. The summed E-state index contributed by atoms with van der Waals surface area (Å²) in [6, 6.07) is 13.4. The van der Waals surface area contributed by atoms with Crippen LogP contribution in [0.1, 0.15) is 28.1 Å². The highest BCUT2D eigenvalue weighted by molar-refractivity contribution is 5.94. The zero-order chi connectivity index (χ0) is 22.7. The molecule has 0 radical (unpaired) electrons. The van der Waals surface area contributed by atoms with Gasteiger partial charge in [0.2, 0.25) is 0 Å². The zero-order valence-electron chi connectivity index (χ0n) is 17.8. The number of H-pyrrole nitrogens is 1. The minimum Gasteiger partial charge on any atom is -0.467 e. The Morgan fingerprint density at radius 3 is 2.78 bits per heavy atom. The average molecular weight is 430 g/mol. The third kappa shape index (κ3) is 4.14. The molecule has 1 aromatic carbocycles. The second-order valence-electron chi connectivity index (χ2n) is 7.46. The van der Waals surface area contributed by atoms with Gasteiger partial charge in [0.05, 0.1) is 24.8 Å². The number of carbonyl (C=O) groups is 2. The number of furan rings is 1. The summed E-state index contributed by atoms with van der Waals surface area (Å²) >= 11 is 0. The van der Waals surface area contributed by atoms with Crippen molar-refractivity contribution >= 4 is 28.6 Å². The first-order valence-corrected chi connectivity index (χ1v) is 10.1.